The third-order valence-electron chi connectivity index (χ3n) is 3.69. The summed E-state index contributed by atoms with van der Waals surface area (Å²) < 4.78 is 19.0. The Labute approximate surface area is 139 Å². The normalized spacial score (nSPS) is 10.9. The lowest BCUT2D eigenvalue weighted by atomic mass is 10.1. The molecule has 3 aromatic rings. The van der Waals surface area contributed by atoms with Crippen LogP contribution in [0.25, 0.3) is 11.3 Å². The number of hydrogen-bond donors (Lipinski definition) is 1. The third-order valence-corrected chi connectivity index (χ3v) is 3.98. The largest absolute Gasteiger partial charge is 0.455 e. The van der Waals surface area contributed by atoms with Gasteiger partial charge >= 0.3 is 0 Å². The van der Waals surface area contributed by atoms with Gasteiger partial charge in [0.25, 0.3) is 0 Å². The lowest BCUT2D eigenvalue weighted by molar-refractivity contribution is -0.671. The summed E-state index contributed by atoms with van der Waals surface area (Å²) in [5.74, 6) is 1.18. The van der Waals surface area contributed by atoms with E-state index in [0.29, 0.717) is 5.76 Å². The minimum atomic E-state index is -0.420. The molecule has 0 aliphatic heterocycles. The Morgan fingerprint density at radius 1 is 1.00 bits per heavy atom. The Balaban J connectivity index is 1.54. The zero-order valence-corrected chi connectivity index (χ0v) is 13.4. The van der Waals surface area contributed by atoms with Crippen molar-refractivity contribution in [2.75, 3.05) is 6.54 Å². The van der Waals surface area contributed by atoms with Crippen LogP contribution in [-0.4, -0.2) is 6.54 Å². The van der Waals surface area contributed by atoms with Crippen LogP contribution in [-0.2, 0) is 13.0 Å². The van der Waals surface area contributed by atoms with E-state index in [0.717, 1.165) is 30.8 Å². The standard InChI is InChI=1S/C19H17ClFNO/c20-17-12-15(6-8-18(17)21)19-9-7-16(23-19)13-22-11-10-14-4-2-1-3-5-14/h1-9,12,22H,10-11,13H2/p+1. The second kappa shape index (κ2) is 7.44. The predicted octanol–water partition coefficient (Wildman–Crippen LogP) is 4.05. The van der Waals surface area contributed by atoms with Gasteiger partial charge in [-0.1, -0.05) is 41.9 Å². The van der Waals surface area contributed by atoms with Crippen molar-refractivity contribution < 1.29 is 14.1 Å². The molecule has 2 nitrogen and oxygen atoms in total. The summed E-state index contributed by atoms with van der Waals surface area (Å²) in [6.45, 7) is 1.78. The number of quaternary nitrogens is 1. The maximum Gasteiger partial charge on any atom is 0.158 e. The van der Waals surface area contributed by atoms with Crippen LogP contribution >= 0.6 is 11.6 Å². The molecule has 1 heterocycles. The van der Waals surface area contributed by atoms with Crippen LogP contribution < -0.4 is 5.32 Å². The highest BCUT2D eigenvalue weighted by Crippen LogP contribution is 2.26. The van der Waals surface area contributed by atoms with Gasteiger partial charge in [-0.05, 0) is 35.9 Å². The van der Waals surface area contributed by atoms with Crippen LogP contribution in [0, 0.1) is 5.82 Å². The van der Waals surface area contributed by atoms with Crippen molar-refractivity contribution in [1.29, 1.82) is 0 Å². The van der Waals surface area contributed by atoms with Crippen molar-refractivity contribution >= 4 is 11.6 Å². The van der Waals surface area contributed by atoms with Gasteiger partial charge in [-0.2, -0.15) is 0 Å². The molecule has 1 aromatic heterocycles. The van der Waals surface area contributed by atoms with E-state index in [1.165, 1.54) is 11.6 Å². The summed E-state index contributed by atoms with van der Waals surface area (Å²) in [5.41, 5.74) is 2.12. The van der Waals surface area contributed by atoms with Gasteiger partial charge in [0, 0.05) is 12.0 Å². The third kappa shape index (κ3) is 4.21. The summed E-state index contributed by atoms with van der Waals surface area (Å²) in [5, 5.41) is 2.32. The smallest absolute Gasteiger partial charge is 0.158 e. The minimum absolute atomic E-state index is 0.106. The monoisotopic (exact) mass is 330 g/mol. The Morgan fingerprint density at radius 3 is 2.61 bits per heavy atom. The highest BCUT2D eigenvalue weighted by Gasteiger charge is 2.08. The van der Waals surface area contributed by atoms with E-state index in [1.807, 2.05) is 18.2 Å². The van der Waals surface area contributed by atoms with Crippen LogP contribution in [0.1, 0.15) is 11.3 Å². The van der Waals surface area contributed by atoms with Crippen molar-refractivity contribution in [3.63, 3.8) is 0 Å². The molecule has 2 N–H and O–H groups in total. The molecule has 0 atom stereocenters. The molecule has 23 heavy (non-hydrogen) atoms. The first kappa shape index (κ1) is 15.8. The van der Waals surface area contributed by atoms with E-state index >= 15 is 0 Å². The molecular formula is C19H18ClFNO+. The molecule has 0 radical (unpaired) electrons. The number of furan rings is 1. The highest BCUT2D eigenvalue weighted by atomic mass is 35.5. The molecule has 0 amide bonds. The average Bonchev–Trinajstić information content (AvgIpc) is 3.04. The van der Waals surface area contributed by atoms with Crippen molar-refractivity contribution in [3.05, 3.63) is 82.8 Å². The zero-order valence-electron chi connectivity index (χ0n) is 12.6. The first-order chi connectivity index (χ1) is 11.2. The Morgan fingerprint density at radius 2 is 1.83 bits per heavy atom. The maximum absolute atomic E-state index is 13.2. The summed E-state index contributed by atoms with van der Waals surface area (Å²) >= 11 is 5.81. The van der Waals surface area contributed by atoms with E-state index in [-0.39, 0.29) is 5.02 Å². The first-order valence-electron chi connectivity index (χ1n) is 7.62. The molecule has 0 saturated carbocycles. The minimum Gasteiger partial charge on any atom is -0.455 e. The van der Waals surface area contributed by atoms with E-state index < -0.39 is 5.82 Å². The van der Waals surface area contributed by atoms with E-state index in [2.05, 4.69) is 29.6 Å². The Kier molecular flexibility index (Phi) is 5.11. The van der Waals surface area contributed by atoms with Crippen molar-refractivity contribution in [1.82, 2.24) is 0 Å². The summed E-state index contributed by atoms with van der Waals surface area (Å²) in [7, 11) is 0. The van der Waals surface area contributed by atoms with E-state index in [9.17, 15) is 4.39 Å². The molecule has 3 rings (SSSR count). The number of rotatable bonds is 6. The molecule has 0 unspecified atom stereocenters. The van der Waals surface area contributed by atoms with E-state index in [4.69, 9.17) is 16.0 Å². The molecule has 0 bridgehead atoms. The topological polar surface area (TPSA) is 29.8 Å². The first-order valence-corrected chi connectivity index (χ1v) is 8.00. The van der Waals surface area contributed by atoms with Gasteiger partial charge < -0.3 is 9.73 Å². The second-order valence-electron chi connectivity index (χ2n) is 5.41. The van der Waals surface area contributed by atoms with Gasteiger partial charge in [0.1, 0.15) is 18.1 Å². The van der Waals surface area contributed by atoms with E-state index in [1.54, 1.807) is 12.1 Å². The van der Waals surface area contributed by atoms with Crippen molar-refractivity contribution in [2.24, 2.45) is 0 Å². The summed E-state index contributed by atoms with van der Waals surface area (Å²) in [6, 6.07) is 18.9. The molecule has 0 saturated heterocycles. The second-order valence-corrected chi connectivity index (χ2v) is 5.82. The van der Waals surface area contributed by atoms with Gasteiger partial charge in [0.2, 0.25) is 0 Å². The average molecular weight is 331 g/mol. The highest BCUT2D eigenvalue weighted by molar-refractivity contribution is 6.31. The predicted molar refractivity (Wildman–Crippen MR) is 89.8 cm³/mol. The molecule has 2 aromatic carbocycles. The molecule has 118 valence electrons. The van der Waals surface area contributed by atoms with Crippen LogP contribution in [0.4, 0.5) is 4.39 Å². The molecule has 0 fully saturated rings. The van der Waals surface area contributed by atoms with Crippen LogP contribution in [0.5, 0.6) is 0 Å². The van der Waals surface area contributed by atoms with Crippen LogP contribution in [0.2, 0.25) is 5.02 Å². The number of hydrogen-bond acceptors (Lipinski definition) is 1. The molecular weight excluding hydrogens is 313 g/mol. The fourth-order valence-corrected chi connectivity index (χ4v) is 2.63. The van der Waals surface area contributed by atoms with Crippen molar-refractivity contribution in [3.8, 4) is 11.3 Å². The fraction of sp³-hybridized carbons (Fsp3) is 0.158. The summed E-state index contributed by atoms with van der Waals surface area (Å²) in [4.78, 5) is 0. The fourth-order valence-electron chi connectivity index (χ4n) is 2.45. The van der Waals surface area contributed by atoms with Gasteiger partial charge in [0.05, 0.1) is 11.6 Å². The molecule has 4 heteroatoms. The Hall–Kier alpha value is -2.10. The number of halogens is 2. The van der Waals surface area contributed by atoms with Gasteiger partial charge in [0.15, 0.2) is 5.76 Å². The SMILES string of the molecule is Fc1ccc(-c2ccc(C[NH2+]CCc3ccccc3)o2)cc1Cl. The van der Waals surface area contributed by atoms with Crippen LogP contribution in [0.15, 0.2) is 65.1 Å². The van der Waals surface area contributed by atoms with Gasteiger partial charge in [-0.3, -0.25) is 0 Å². The number of nitrogens with two attached hydrogens (primary N) is 1. The van der Waals surface area contributed by atoms with Gasteiger partial charge in [-0.15, -0.1) is 0 Å². The lowest BCUT2D eigenvalue weighted by Gasteiger charge is -2.01. The molecule has 0 aliphatic rings. The van der Waals surface area contributed by atoms with Crippen molar-refractivity contribution in [2.45, 2.75) is 13.0 Å². The summed E-state index contributed by atoms with van der Waals surface area (Å²) in [6.07, 6.45) is 1.03. The maximum atomic E-state index is 13.2. The van der Waals surface area contributed by atoms with Gasteiger partial charge in [-0.25, -0.2) is 4.39 Å². The number of benzene rings is 2. The quantitative estimate of drug-likeness (QED) is 0.679. The Bertz CT molecular complexity index is 770. The zero-order chi connectivity index (χ0) is 16.1. The molecule has 0 spiro atoms. The van der Waals surface area contributed by atoms with Crippen LogP contribution in [0.3, 0.4) is 0 Å². The lowest BCUT2D eigenvalue weighted by Crippen LogP contribution is -2.83. The molecule has 0 aliphatic carbocycles.